The maximum atomic E-state index is 13.0. The van der Waals surface area contributed by atoms with E-state index >= 15 is 0 Å². The first-order valence-corrected chi connectivity index (χ1v) is 4.15. The standard InChI is InChI=1S/C9H7ClFNO2/c1-5-6(3-12-4-13)9(14)8(11)2-7(5)10/h2,14H,3H2,1H3. The Morgan fingerprint density at radius 1 is 1.71 bits per heavy atom. The second kappa shape index (κ2) is 4.22. The minimum absolute atomic E-state index is 0.126. The number of rotatable bonds is 2. The van der Waals surface area contributed by atoms with Crippen molar-refractivity contribution in [3.63, 3.8) is 0 Å². The molecule has 1 rings (SSSR count). The van der Waals surface area contributed by atoms with Crippen molar-refractivity contribution < 1.29 is 14.3 Å². The highest BCUT2D eigenvalue weighted by Gasteiger charge is 2.13. The molecule has 0 aromatic heterocycles. The second-order valence-corrected chi connectivity index (χ2v) is 3.11. The number of hydrogen-bond donors (Lipinski definition) is 1. The number of phenolic OH excluding ortho intramolecular Hbond substituents is 1. The van der Waals surface area contributed by atoms with Gasteiger partial charge >= 0.3 is 0 Å². The third kappa shape index (κ3) is 1.92. The molecule has 1 N–H and O–H groups in total. The van der Waals surface area contributed by atoms with Crippen molar-refractivity contribution in [2.45, 2.75) is 13.5 Å². The van der Waals surface area contributed by atoms with E-state index in [0.717, 1.165) is 6.07 Å². The number of nitrogens with zero attached hydrogens (tertiary/aromatic N) is 1. The number of carbonyl (C=O) groups excluding carboxylic acids is 1. The summed E-state index contributed by atoms with van der Waals surface area (Å²) in [5.74, 6) is -1.34. The second-order valence-electron chi connectivity index (χ2n) is 2.70. The van der Waals surface area contributed by atoms with Crippen molar-refractivity contribution in [1.82, 2.24) is 0 Å². The summed E-state index contributed by atoms with van der Waals surface area (Å²) in [7, 11) is 0. The van der Waals surface area contributed by atoms with Gasteiger partial charge in [-0.2, -0.15) is 0 Å². The van der Waals surface area contributed by atoms with Crippen LogP contribution in [0, 0.1) is 12.7 Å². The average molecular weight is 216 g/mol. The number of aliphatic imine (C=N–C) groups is 1. The summed E-state index contributed by atoms with van der Waals surface area (Å²) in [5.41, 5.74) is 0.711. The highest BCUT2D eigenvalue weighted by Crippen LogP contribution is 2.30. The fourth-order valence-electron chi connectivity index (χ4n) is 1.06. The molecular weight excluding hydrogens is 209 g/mol. The van der Waals surface area contributed by atoms with Gasteiger partial charge in [-0.05, 0) is 18.6 Å². The van der Waals surface area contributed by atoms with E-state index in [1.54, 1.807) is 6.92 Å². The summed E-state index contributed by atoms with van der Waals surface area (Å²) >= 11 is 5.68. The molecule has 0 heterocycles. The van der Waals surface area contributed by atoms with Gasteiger partial charge in [-0.1, -0.05) is 11.6 Å². The SMILES string of the molecule is Cc1c(Cl)cc(F)c(O)c1CN=C=O. The smallest absolute Gasteiger partial charge is 0.235 e. The first-order valence-electron chi connectivity index (χ1n) is 3.78. The molecule has 0 aliphatic carbocycles. The van der Waals surface area contributed by atoms with Crippen molar-refractivity contribution in [3.05, 3.63) is 28.0 Å². The summed E-state index contributed by atoms with van der Waals surface area (Å²) < 4.78 is 13.0. The summed E-state index contributed by atoms with van der Waals surface area (Å²) in [4.78, 5) is 13.1. The van der Waals surface area contributed by atoms with E-state index in [1.807, 2.05) is 0 Å². The first-order chi connectivity index (χ1) is 6.57. The molecule has 1 aromatic rings. The van der Waals surface area contributed by atoms with Crippen molar-refractivity contribution >= 4 is 17.7 Å². The van der Waals surface area contributed by atoms with E-state index in [4.69, 9.17) is 11.6 Å². The van der Waals surface area contributed by atoms with Crippen molar-refractivity contribution in [2.24, 2.45) is 4.99 Å². The minimum atomic E-state index is -0.823. The Hall–Kier alpha value is -1.38. The lowest BCUT2D eigenvalue weighted by atomic mass is 10.1. The van der Waals surface area contributed by atoms with E-state index in [0.29, 0.717) is 5.56 Å². The lowest BCUT2D eigenvalue weighted by molar-refractivity contribution is 0.425. The number of aromatic hydroxyl groups is 1. The van der Waals surface area contributed by atoms with E-state index in [2.05, 4.69) is 4.99 Å². The summed E-state index contributed by atoms with van der Waals surface area (Å²) in [6, 6.07) is 1.01. The van der Waals surface area contributed by atoms with Crippen LogP contribution in [0.4, 0.5) is 4.39 Å². The Morgan fingerprint density at radius 3 is 2.93 bits per heavy atom. The van der Waals surface area contributed by atoms with Gasteiger partial charge in [0, 0.05) is 10.6 Å². The van der Waals surface area contributed by atoms with Gasteiger partial charge in [0.25, 0.3) is 0 Å². The molecule has 0 fully saturated rings. The van der Waals surface area contributed by atoms with Gasteiger partial charge in [0.05, 0.1) is 6.54 Å². The average Bonchev–Trinajstić information content (AvgIpc) is 2.15. The molecule has 0 atom stereocenters. The zero-order valence-electron chi connectivity index (χ0n) is 7.34. The van der Waals surface area contributed by atoms with Crippen LogP contribution < -0.4 is 0 Å². The van der Waals surface area contributed by atoms with Crippen LogP contribution in [0.15, 0.2) is 11.1 Å². The third-order valence-electron chi connectivity index (χ3n) is 1.88. The molecule has 74 valence electrons. The molecule has 1 aromatic carbocycles. The van der Waals surface area contributed by atoms with Crippen molar-refractivity contribution in [2.75, 3.05) is 0 Å². The Bertz CT molecular complexity index is 388. The molecule has 3 nitrogen and oxygen atoms in total. The van der Waals surface area contributed by atoms with Gasteiger partial charge in [-0.25, -0.2) is 14.2 Å². The van der Waals surface area contributed by atoms with Crippen LogP contribution in [0.1, 0.15) is 11.1 Å². The maximum absolute atomic E-state index is 13.0. The van der Waals surface area contributed by atoms with Crippen molar-refractivity contribution in [1.29, 1.82) is 0 Å². The molecule has 0 aliphatic heterocycles. The molecule has 0 saturated heterocycles. The Labute approximate surface area is 84.8 Å². The van der Waals surface area contributed by atoms with E-state index in [9.17, 15) is 14.3 Å². The zero-order chi connectivity index (χ0) is 10.7. The highest BCUT2D eigenvalue weighted by molar-refractivity contribution is 6.31. The van der Waals surface area contributed by atoms with Gasteiger partial charge in [0.1, 0.15) is 0 Å². The lowest BCUT2D eigenvalue weighted by Crippen LogP contribution is -1.92. The molecule has 0 unspecified atom stereocenters. The highest BCUT2D eigenvalue weighted by atomic mass is 35.5. The van der Waals surface area contributed by atoms with Gasteiger partial charge < -0.3 is 5.11 Å². The topological polar surface area (TPSA) is 49.7 Å². The molecule has 0 bridgehead atoms. The molecule has 0 amide bonds. The normalized spacial score (nSPS) is 9.64. The number of phenols is 1. The summed E-state index contributed by atoms with van der Waals surface area (Å²) in [5, 5.41) is 9.50. The van der Waals surface area contributed by atoms with Crippen LogP contribution in [-0.2, 0) is 11.3 Å². The first kappa shape index (κ1) is 10.7. The van der Waals surface area contributed by atoms with Crippen LogP contribution in [0.2, 0.25) is 5.02 Å². The van der Waals surface area contributed by atoms with Crippen LogP contribution in [-0.4, -0.2) is 11.2 Å². The van der Waals surface area contributed by atoms with E-state index in [1.165, 1.54) is 6.08 Å². The predicted molar refractivity (Wildman–Crippen MR) is 49.6 cm³/mol. The third-order valence-corrected chi connectivity index (χ3v) is 2.27. The molecule has 14 heavy (non-hydrogen) atoms. The quantitative estimate of drug-likeness (QED) is 0.608. The van der Waals surface area contributed by atoms with Gasteiger partial charge in [0.2, 0.25) is 6.08 Å². The fraction of sp³-hybridized carbons (Fsp3) is 0.222. The lowest BCUT2D eigenvalue weighted by Gasteiger charge is -2.07. The van der Waals surface area contributed by atoms with E-state index < -0.39 is 11.6 Å². The molecule has 0 radical (unpaired) electrons. The van der Waals surface area contributed by atoms with Crippen LogP contribution in [0.25, 0.3) is 0 Å². The van der Waals surface area contributed by atoms with Crippen LogP contribution in [0.3, 0.4) is 0 Å². The Morgan fingerprint density at radius 2 is 2.36 bits per heavy atom. The summed E-state index contributed by atoms with van der Waals surface area (Å²) in [6.45, 7) is 1.48. The fourth-order valence-corrected chi connectivity index (χ4v) is 1.27. The van der Waals surface area contributed by atoms with Gasteiger partial charge in [0.15, 0.2) is 11.6 Å². The monoisotopic (exact) mass is 215 g/mol. The Balaban J connectivity index is 3.31. The Kier molecular flexibility index (Phi) is 3.23. The molecule has 0 spiro atoms. The van der Waals surface area contributed by atoms with Crippen LogP contribution in [0.5, 0.6) is 5.75 Å². The van der Waals surface area contributed by atoms with Crippen LogP contribution >= 0.6 is 11.6 Å². The maximum Gasteiger partial charge on any atom is 0.235 e. The zero-order valence-corrected chi connectivity index (χ0v) is 8.10. The number of hydrogen-bond acceptors (Lipinski definition) is 3. The molecule has 0 saturated carbocycles. The van der Waals surface area contributed by atoms with Gasteiger partial charge in [-0.15, -0.1) is 0 Å². The number of benzene rings is 1. The number of halogens is 2. The number of isocyanates is 1. The predicted octanol–water partition coefficient (Wildman–Crippen LogP) is 2.33. The minimum Gasteiger partial charge on any atom is -0.505 e. The molecular formula is C9H7ClFNO2. The summed E-state index contributed by atoms with van der Waals surface area (Å²) in [6.07, 6.45) is 1.31. The van der Waals surface area contributed by atoms with Crippen molar-refractivity contribution in [3.8, 4) is 5.75 Å². The van der Waals surface area contributed by atoms with Gasteiger partial charge in [-0.3, -0.25) is 0 Å². The largest absolute Gasteiger partial charge is 0.505 e. The van der Waals surface area contributed by atoms with E-state index in [-0.39, 0.29) is 17.1 Å². The molecule has 5 heteroatoms. The molecule has 0 aliphatic rings.